The van der Waals surface area contributed by atoms with E-state index in [4.69, 9.17) is 24.9 Å². The minimum absolute atomic E-state index is 0.586. The molecule has 4 heterocycles. The summed E-state index contributed by atoms with van der Waals surface area (Å²) >= 11 is 0. The van der Waals surface area contributed by atoms with Gasteiger partial charge in [0.1, 0.15) is 5.41 Å². The number of nitrogens with zero attached hydrogens (tertiary/aromatic N) is 6. The van der Waals surface area contributed by atoms with Crippen LogP contribution in [0.2, 0.25) is 0 Å². The summed E-state index contributed by atoms with van der Waals surface area (Å²) in [6.45, 7) is 0. The van der Waals surface area contributed by atoms with Gasteiger partial charge in [0.2, 0.25) is 0 Å². The first kappa shape index (κ1) is 50.3. The van der Waals surface area contributed by atoms with E-state index in [2.05, 4.69) is 278 Å². The third-order valence-corrected chi connectivity index (χ3v) is 17.0. The molecule has 0 radical (unpaired) electrons. The number of pyridine rings is 2. The van der Waals surface area contributed by atoms with Crippen LogP contribution in [0.5, 0.6) is 0 Å². The Balaban J connectivity index is 0.860. The van der Waals surface area contributed by atoms with Crippen LogP contribution < -0.4 is 0 Å². The van der Waals surface area contributed by atoms with Crippen LogP contribution in [-0.4, -0.2) is 29.5 Å². The molecule has 402 valence electrons. The quantitative estimate of drug-likeness (QED) is 0.129. The van der Waals surface area contributed by atoms with Crippen molar-refractivity contribution >= 4 is 21.8 Å². The van der Waals surface area contributed by atoms with E-state index in [1.165, 1.54) is 16.7 Å². The van der Waals surface area contributed by atoms with Crippen LogP contribution in [0.3, 0.4) is 0 Å². The number of hydrogen-bond acceptors (Lipinski definition) is 5. The molecular formula is C80H52N6. The second kappa shape index (κ2) is 21.1. The fourth-order valence-electron chi connectivity index (χ4n) is 13.1. The van der Waals surface area contributed by atoms with Crippen LogP contribution in [0.15, 0.2) is 316 Å². The molecule has 11 aromatic carbocycles. The Bertz CT molecular complexity index is 4930. The molecule has 0 amide bonds. The average molecular weight is 1100 g/mol. The van der Waals surface area contributed by atoms with Gasteiger partial charge in [-0.2, -0.15) is 0 Å². The molecule has 4 aromatic heterocycles. The van der Waals surface area contributed by atoms with E-state index in [0.717, 1.165) is 117 Å². The summed E-state index contributed by atoms with van der Waals surface area (Å²) in [5.74, 6) is 1.78. The van der Waals surface area contributed by atoms with E-state index in [-0.39, 0.29) is 0 Å². The number of benzene rings is 11. The van der Waals surface area contributed by atoms with Gasteiger partial charge in [0.15, 0.2) is 17.5 Å². The zero-order valence-corrected chi connectivity index (χ0v) is 46.7. The normalized spacial score (nSPS) is 12.3. The molecule has 0 bridgehead atoms. The molecule has 0 saturated carbocycles. The van der Waals surface area contributed by atoms with Gasteiger partial charge in [-0.3, -0.25) is 9.97 Å². The first-order valence-corrected chi connectivity index (χ1v) is 29.1. The summed E-state index contributed by atoms with van der Waals surface area (Å²) in [6.07, 6.45) is 3.79. The Labute approximate surface area is 498 Å². The maximum Gasteiger partial charge on any atom is 0.164 e. The summed E-state index contributed by atoms with van der Waals surface area (Å²) in [4.78, 5) is 26.1. The largest absolute Gasteiger partial charge is 0.309 e. The van der Waals surface area contributed by atoms with Crippen molar-refractivity contribution in [2.75, 3.05) is 0 Å². The summed E-state index contributed by atoms with van der Waals surface area (Å²) in [7, 11) is 0. The summed E-state index contributed by atoms with van der Waals surface area (Å²) in [5, 5.41) is 2.29. The topological polar surface area (TPSA) is 69.4 Å². The molecule has 15 aromatic rings. The lowest BCUT2D eigenvalue weighted by Crippen LogP contribution is -2.30. The SMILES string of the molecule is c1ccc(-c2cc(-c3ccccc3)cc(-c3cccc(-c4nc(-c5ccccc5)nc(-c5cccc(-c6cccc7c6c6cc(-c8ccccc8)ccc6n7-c6ccc7c(c6)C(c6ccccn6)(c6ccccn6)c6ccccc6-7)c5)n4)c3)c2)cc1. The van der Waals surface area contributed by atoms with Crippen molar-refractivity contribution in [2.45, 2.75) is 5.41 Å². The van der Waals surface area contributed by atoms with Crippen LogP contribution in [0.1, 0.15) is 22.5 Å². The van der Waals surface area contributed by atoms with E-state index in [1.807, 2.05) is 42.7 Å². The van der Waals surface area contributed by atoms with Crippen molar-refractivity contribution in [1.29, 1.82) is 0 Å². The predicted octanol–water partition coefficient (Wildman–Crippen LogP) is 19.5. The van der Waals surface area contributed by atoms with Gasteiger partial charge in [0.25, 0.3) is 0 Å². The molecule has 16 rings (SSSR count). The van der Waals surface area contributed by atoms with Gasteiger partial charge in [-0.15, -0.1) is 0 Å². The van der Waals surface area contributed by atoms with Crippen molar-refractivity contribution in [1.82, 2.24) is 29.5 Å². The molecule has 6 heteroatoms. The van der Waals surface area contributed by atoms with E-state index < -0.39 is 5.41 Å². The molecule has 86 heavy (non-hydrogen) atoms. The highest BCUT2D eigenvalue weighted by molar-refractivity contribution is 6.17. The molecular weight excluding hydrogens is 1040 g/mol. The van der Waals surface area contributed by atoms with Crippen LogP contribution in [0.4, 0.5) is 0 Å². The van der Waals surface area contributed by atoms with Gasteiger partial charge in [-0.05, 0) is 163 Å². The van der Waals surface area contributed by atoms with Gasteiger partial charge >= 0.3 is 0 Å². The smallest absolute Gasteiger partial charge is 0.164 e. The molecule has 0 unspecified atom stereocenters. The first-order valence-electron chi connectivity index (χ1n) is 29.1. The second-order valence-electron chi connectivity index (χ2n) is 22.0. The average Bonchev–Trinajstić information content (AvgIpc) is 1.57. The monoisotopic (exact) mass is 1100 g/mol. The molecule has 6 nitrogen and oxygen atoms in total. The van der Waals surface area contributed by atoms with E-state index in [9.17, 15) is 0 Å². The lowest BCUT2D eigenvalue weighted by atomic mass is 9.72. The van der Waals surface area contributed by atoms with Crippen LogP contribution >= 0.6 is 0 Å². The maximum absolute atomic E-state index is 5.36. The highest BCUT2D eigenvalue weighted by atomic mass is 15.0. The minimum atomic E-state index is -0.769. The van der Waals surface area contributed by atoms with Crippen molar-refractivity contribution in [3.8, 4) is 107 Å². The number of hydrogen-bond donors (Lipinski definition) is 0. The Morgan fingerprint density at radius 3 is 1.30 bits per heavy atom. The Morgan fingerprint density at radius 1 is 0.256 bits per heavy atom. The third-order valence-electron chi connectivity index (χ3n) is 17.0. The standard InChI is InChI=1S/C80H52N6/c1-5-22-53(23-6-1)58-40-43-72-69(51-58)76-66(35-21-37-73(76)86(72)65-41-42-68-67-34-13-14-36-70(67)80(71(68)52-65,74-38-15-17-44-81-74)75-39-16-18-45-82-75)59-31-20-33-61(47-59)79-84-77(56-28-11-4-12-29-56)83-78(85-79)60-32-19-30-57(46-60)64-49-62(54-24-7-2-8-25-54)48-63(50-64)55-26-9-3-10-27-55/h1-52H. The second-order valence-corrected chi connectivity index (χ2v) is 22.0. The van der Waals surface area contributed by atoms with Crippen molar-refractivity contribution in [3.63, 3.8) is 0 Å². The van der Waals surface area contributed by atoms with Crippen molar-refractivity contribution < 1.29 is 0 Å². The Morgan fingerprint density at radius 2 is 0.698 bits per heavy atom. The summed E-state index contributed by atoms with van der Waals surface area (Å²) < 4.78 is 2.44. The third kappa shape index (κ3) is 8.62. The van der Waals surface area contributed by atoms with E-state index in [1.54, 1.807) is 0 Å². The Hall–Kier alpha value is -11.5. The fourth-order valence-corrected chi connectivity index (χ4v) is 13.1. The first-order chi connectivity index (χ1) is 42.6. The number of aromatic nitrogens is 6. The van der Waals surface area contributed by atoms with Crippen LogP contribution in [0.25, 0.3) is 128 Å². The molecule has 0 N–H and O–H groups in total. The van der Waals surface area contributed by atoms with Crippen LogP contribution in [-0.2, 0) is 5.41 Å². The molecule has 0 spiro atoms. The highest BCUT2D eigenvalue weighted by Crippen LogP contribution is 2.56. The van der Waals surface area contributed by atoms with Gasteiger partial charge in [0, 0.05) is 45.5 Å². The molecule has 1 aliphatic rings. The lowest BCUT2D eigenvalue weighted by Gasteiger charge is -2.31. The zero-order chi connectivity index (χ0) is 57.0. The number of fused-ring (bicyclic) bond motifs is 6. The zero-order valence-electron chi connectivity index (χ0n) is 46.7. The lowest BCUT2D eigenvalue weighted by molar-refractivity contribution is 0.705. The van der Waals surface area contributed by atoms with Crippen molar-refractivity contribution in [2.24, 2.45) is 0 Å². The van der Waals surface area contributed by atoms with Crippen molar-refractivity contribution in [3.05, 3.63) is 338 Å². The fraction of sp³-hybridized carbons (Fsp3) is 0.0125. The minimum Gasteiger partial charge on any atom is -0.309 e. The van der Waals surface area contributed by atoms with Crippen LogP contribution in [0, 0.1) is 0 Å². The van der Waals surface area contributed by atoms with Gasteiger partial charge in [0.05, 0.1) is 22.4 Å². The molecule has 0 atom stereocenters. The Kier molecular flexibility index (Phi) is 12.3. The molecule has 0 saturated heterocycles. The van der Waals surface area contributed by atoms with Gasteiger partial charge in [-0.1, -0.05) is 218 Å². The van der Waals surface area contributed by atoms with E-state index >= 15 is 0 Å². The molecule has 1 aliphatic carbocycles. The predicted molar refractivity (Wildman–Crippen MR) is 351 cm³/mol. The maximum atomic E-state index is 5.36. The van der Waals surface area contributed by atoms with Gasteiger partial charge in [-0.25, -0.2) is 15.0 Å². The highest BCUT2D eigenvalue weighted by Gasteiger charge is 2.48. The summed E-state index contributed by atoms with van der Waals surface area (Å²) in [5.41, 5.74) is 22.9. The van der Waals surface area contributed by atoms with E-state index in [0.29, 0.717) is 17.5 Å². The number of rotatable bonds is 11. The molecule has 0 aliphatic heterocycles. The van der Waals surface area contributed by atoms with Gasteiger partial charge < -0.3 is 4.57 Å². The molecule has 0 fully saturated rings. The summed E-state index contributed by atoms with van der Waals surface area (Å²) in [6, 6.07) is 108.